The Labute approximate surface area is 126 Å². The predicted molar refractivity (Wildman–Crippen MR) is 75.2 cm³/mol. The number of aromatic carboxylic acids is 2. The molecular weight excluding hydrogens is 290 g/mol. The summed E-state index contributed by atoms with van der Waals surface area (Å²) in [6.45, 7) is 3.20. The number of benzene rings is 1. The van der Waals surface area contributed by atoms with Crippen molar-refractivity contribution in [1.29, 1.82) is 5.26 Å². The molecule has 1 aromatic carbocycles. The maximum atomic E-state index is 11.7. The molecule has 0 aliphatic rings. The summed E-state index contributed by atoms with van der Waals surface area (Å²) in [6.07, 6.45) is 0.550. The number of hydrogen-bond acceptors (Lipinski definition) is 5. The summed E-state index contributed by atoms with van der Waals surface area (Å²) in [7, 11) is 0. The van der Waals surface area contributed by atoms with Crippen LogP contribution in [-0.4, -0.2) is 34.2 Å². The van der Waals surface area contributed by atoms with Gasteiger partial charge in [-0.3, -0.25) is 0 Å². The molecule has 0 unspecified atom stereocenters. The van der Waals surface area contributed by atoms with Crippen molar-refractivity contribution in [2.24, 2.45) is 0 Å². The second-order valence-corrected chi connectivity index (χ2v) is 4.50. The summed E-state index contributed by atoms with van der Waals surface area (Å²) < 4.78 is 4.86. The van der Waals surface area contributed by atoms with Gasteiger partial charge in [0, 0.05) is 0 Å². The third-order valence-corrected chi connectivity index (χ3v) is 2.52. The summed E-state index contributed by atoms with van der Waals surface area (Å²) in [4.78, 5) is 34.1. The molecule has 7 heteroatoms. The molecule has 1 aromatic rings. The van der Waals surface area contributed by atoms with Gasteiger partial charge in [-0.05, 0) is 31.6 Å². The van der Waals surface area contributed by atoms with Gasteiger partial charge >= 0.3 is 17.9 Å². The number of carboxylic acids is 2. The average Bonchev–Trinajstić information content (AvgIpc) is 2.42. The van der Waals surface area contributed by atoms with E-state index in [4.69, 9.17) is 15.1 Å². The lowest BCUT2D eigenvalue weighted by Crippen LogP contribution is -2.14. The first kappa shape index (κ1) is 16.9. The average molecular weight is 303 g/mol. The van der Waals surface area contributed by atoms with Crippen molar-refractivity contribution in [1.82, 2.24) is 0 Å². The summed E-state index contributed by atoms with van der Waals surface area (Å²) >= 11 is 0. The standard InChI is InChI=1S/C15H13NO6/c1-8(2)22-15(21)10(7-16)6-9-4-3-5-11(13(17)18)12(9)14(19)20/h3-6,8H,1-2H3,(H,17,18)(H,19,20). The highest BCUT2D eigenvalue weighted by Crippen LogP contribution is 2.19. The van der Waals surface area contributed by atoms with Crippen LogP contribution in [-0.2, 0) is 9.53 Å². The van der Waals surface area contributed by atoms with E-state index in [0.29, 0.717) is 0 Å². The van der Waals surface area contributed by atoms with Gasteiger partial charge in [0.25, 0.3) is 0 Å². The van der Waals surface area contributed by atoms with Crippen molar-refractivity contribution in [2.75, 3.05) is 0 Å². The SMILES string of the molecule is CC(C)OC(=O)C(C#N)=Cc1cccc(C(=O)O)c1C(=O)O. The highest BCUT2D eigenvalue weighted by Gasteiger charge is 2.20. The first-order chi connectivity index (χ1) is 10.3. The van der Waals surface area contributed by atoms with E-state index in [2.05, 4.69) is 0 Å². The van der Waals surface area contributed by atoms with Gasteiger partial charge in [-0.15, -0.1) is 0 Å². The molecule has 22 heavy (non-hydrogen) atoms. The summed E-state index contributed by atoms with van der Waals surface area (Å²) in [5.74, 6) is -3.80. The number of nitrogens with zero attached hydrogens (tertiary/aromatic N) is 1. The molecule has 0 saturated carbocycles. The smallest absolute Gasteiger partial charge is 0.349 e. The number of carbonyl (C=O) groups is 3. The van der Waals surface area contributed by atoms with Gasteiger partial charge in [0.1, 0.15) is 11.6 Å². The zero-order chi connectivity index (χ0) is 16.9. The van der Waals surface area contributed by atoms with Crippen molar-refractivity contribution >= 4 is 24.0 Å². The fraction of sp³-hybridized carbons (Fsp3) is 0.200. The fourth-order valence-electron chi connectivity index (χ4n) is 1.68. The predicted octanol–water partition coefficient (Wildman–Crippen LogP) is 1.94. The molecule has 0 atom stereocenters. The molecule has 0 saturated heterocycles. The highest BCUT2D eigenvalue weighted by molar-refractivity contribution is 6.06. The summed E-state index contributed by atoms with van der Waals surface area (Å²) in [5, 5.41) is 27.2. The Hall–Kier alpha value is -3.14. The fourth-order valence-corrected chi connectivity index (χ4v) is 1.68. The normalized spacial score (nSPS) is 10.9. The highest BCUT2D eigenvalue weighted by atomic mass is 16.5. The van der Waals surface area contributed by atoms with Crippen LogP contribution in [0.2, 0.25) is 0 Å². The number of carbonyl (C=O) groups excluding carboxylic acids is 1. The van der Waals surface area contributed by atoms with Crippen LogP contribution in [0.5, 0.6) is 0 Å². The zero-order valence-corrected chi connectivity index (χ0v) is 11.9. The van der Waals surface area contributed by atoms with Crippen molar-refractivity contribution in [2.45, 2.75) is 20.0 Å². The number of ether oxygens (including phenoxy) is 1. The number of hydrogen-bond donors (Lipinski definition) is 2. The quantitative estimate of drug-likeness (QED) is 0.483. The van der Waals surface area contributed by atoms with Crippen LogP contribution < -0.4 is 0 Å². The minimum Gasteiger partial charge on any atom is -0.478 e. The third kappa shape index (κ3) is 3.93. The van der Waals surface area contributed by atoms with Gasteiger partial charge in [0.2, 0.25) is 0 Å². The summed E-state index contributed by atoms with van der Waals surface area (Å²) in [6, 6.07) is 5.37. The monoisotopic (exact) mass is 303 g/mol. The largest absolute Gasteiger partial charge is 0.478 e. The number of carboxylic acid groups (broad SMARTS) is 2. The van der Waals surface area contributed by atoms with E-state index in [9.17, 15) is 19.5 Å². The second-order valence-electron chi connectivity index (χ2n) is 4.50. The van der Waals surface area contributed by atoms with E-state index in [1.165, 1.54) is 12.1 Å². The molecule has 2 N–H and O–H groups in total. The lowest BCUT2D eigenvalue weighted by atomic mass is 9.99. The number of nitriles is 1. The Morgan fingerprint density at radius 2 is 1.86 bits per heavy atom. The molecule has 0 heterocycles. The van der Waals surface area contributed by atoms with Crippen LogP contribution in [0, 0.1) is 11.3 Å². The number of rotatable bonds is 5. The van der Waals surface area contributed by atoms with E-state index in [-0.39, 0.29) is 5.56 Å². The maximum Gasteiger partial charge on any atom is 0.349 e. The first-order valence-electron chi connectivity index (χ1n) is 6.20. The van der Waals surface area contributed by atoms with E-state index in [0.717, 1.165) is 12.1 Å². The molecule has 0 fully saturated rings. The third-order valence-electron chi connectivity index (χ3n) is 2.52. The van der Waals surface area contributed by atoms with E-state index < -0.39 is 40.7 Å². The Balaban J connectivity index is 3.43. The molecule has 7 nitrogen and oxygen atoms in total. The van der Waals surface area contributed by atoms with Gasteiger partial charge in [-0.2, -0.15) is 5.26 Å². The van der Waals surface area contributed by atoms with Crippen LogP contribution >= 0.6 is 0 Å². The van der Waals surface area contributed by atoms with Crippen LogP contribution in [0.3, 0.4) is 0 Å². The second kappa shape index (κ2) is 7.04. The van der Waals surface area contributed by atoms with Crippen LogP contribution in [0.25, 0.3) is 6.08 Å². The molecule has 0 aromatic heterocycles. The molecule has 114 valence electrons. The van der Waals surface area contributed by atoms with Crippen molar-refractivity contribution in [3.63, 3.8) is 0 Å². The molecule has 0 aliphatic heterocycles. The van der Waals surface area contributed by atoms with E-state index >= 15 is 0 Å². The van der Waals surface area contributed by atoms with Crippen LogP contribution in [0.1, 0.15) is 40.1 Å². The van der Waals surface area contributed by atoms with Gasteiger partial charge in [-0.25, -0.2) is 14.4 Å². The molecule has 0 radical (unpaired) electrons. The Morgan fingerprint density at radius 1 is 1.23 bits per heavy atom. The van der Waals surface area contributed by atoms with Crippen molar-refractivity contribution < 1.29 is 29.3 Å². The molecular formula is C15H13NO6. The minimum absolute atomic E-state index is 0.0651. The van der Waals surface area contributed by atoms with Gasteiger partial charge in [0.15, 0.2) is 0 Å². The Bertz CT molecular complexity index is 696. The lowest BCUT2D eigenvalue weighted by Gasteiger charge is -2.08. The molecule has 0 aliphatic carbocycles. The first-order valence-corrected chi connectivity index (χ1v) is 6.20. The summed E-state index contributed by atoms with van der Waals surface area (Å²) in [5.41, 5.74) is -1.42. The molecule has 0 spiro atoms. The Kier molecular flexibility index (Phi) is 5.41. The lowest BCUT2D eigenvalue weighted by molar-refractivity contribution is -0.142. The van der Waals surface area contributed by atoms with Gasteiger partial charge in [-0.1, -0.05) is 12.1 Å². The van der Waals surface area contributed by atoms with Crippen LogP contribution in [0.15, 0.2) is 23.8 Å². The topological polar surface area (TPSA) is 125 Å². The molecule has 0 amide bonds. The van der Waals surface area contributed by atoms with Crippen molar-refractivity contribution in [3.8, 4) is 6.07 Å². The van der Waals surface area contributed by atoms with Gasteiger partial charge in [0.05, 0.1) is 17.2 Å². The maximum absolute atomic E-state index is 11.7. The Morgan fingerprint density at radius 3 is 2.32 bits per heavy atom. The van der Waals surface area contributed by atoms with Crippen LogP contribution in [0.4, 0.5) is 0 Å². The van der Waals surface area contributed by atoms with Gasteiger partial charge < -0.3 is 14.9 Å². The van der Waals surface area contributed by atoms with E-state index in [1.807, 2.05) is 0 Å². The zero-order valence-electron chi connectivity index (χ0n) is 11.9. The molecule has 1 rings (SSSR count). The van der Waals surface area contributed by atoms with Crippen molar-refractivity contribution in [3.05, 3.63) is 40.5 Å². The number of esters is 1. The molecule has 0 bridgehead atoms. The van der Waals surface area contributed by atoms with E-state index in [1.54, 1.807) is 19.9 Å². The minimum atomic E-state index is -1.47.